The Morgan fingerprint density at radius 1 is 1.12 bits per heavy atom. The number of nitrogens with two attached hydrogens (primary N) is 1. The van der Waals surface area contributed by atoms with Crippen molar-refractivity contribution in [1.82, 2.24) is 5.32 Å². The average molecular weight is 373 g/mol. The summed E-state index contributed by atoms with van der Waals surface area (Å²) >= 11 is 6.08. The zero-order valence-corrected chi connectivity index (χ0v) is 15.3. The molecule has 136 valence electrons. The van der Waals surface area contributed by atoms with Crippen molar-refractivity contribution in [2.24, 2.45) is 5.73 Å². The zero-order valence-electron chi connectivity index (χ0n) is 14.5. The molecule has 0 bridgehead atoms. The zero-order chi connectivity index (χ0) is 18.7. The topological polar surface area (TPSA) is 81.4 Å². The first-order valence-corrected chi connectivity index (χ1v) is 8.89. The number of amides is 2. The molecule has 1 saturated carbocycles. The van der Waals surface area contributed by atoms with Crippen molar-refractivity contribution in [3.05, 3.63) is 53.1 Å². The van der Waals surface area contributed by atoms with E-state index >= 15 is 0 Å². The molecule has 0 atom stereocenters. The third kappa shape index (κ3) is 3.53. The van der Waals surface area contributed by atoms with E-state index in [9.17, 15) is 9.59 Å². The van der Waals surface area contributed by atoms with Crippen LogP contribution < -0.4 is 15.8 Å². The molecular formula is C20H21ClN2O3. The van der Waals surface area contributed by atoms with E-state index in [0.29, 0.717) is 29.2 Å². The van der Waals surface area contributed by atoms with E-state index in [1.807, 2.05) is 18.2 Å². The molecule has 3 rings (SSSR count). The van der Waals surface area contributed by atoms with E-state index in [1.165, 1.54) is 0 Å². The number of halogens is 1. The number of ether oxygens (including phenoxy) is 1. The van der Waals surface area contributed by atoms with Crippen LogP contribution in [-0.2, 0) is 4.79 Å². The van der Waals surface area contributed by atoms with Gasteiger partial charge < -0.3 is 15.8 Å². The summed E-state index contributed by atoms with van der Waals surface area (Å²) in [4.78, 5) is 24.4. The molecule has 1 aliphatic carbocycles. The molecule has 0 unspecified atom stereocenters. The Morgan fingerprint density at radius 2 is 1.77 bits per heavy atom. The second-order valence-electron chi connectivity index (χ2n) is 6.53. The Labute approximate surface area is 157 Å². The predicted molar refractivity (Wildman–Crippen MR) is 101 cm³/mol. The van der Waals surface area contributed by atoms with Crippen LogP contribution in [0.2, 0.25) is 5.02 Å². The molecule has 1 fully saturated rings. The van der Waals surface area contributed by atoms with Gasteiger partial charge in [0.2, 0.25) is 5.91 Å². The van der Waals surface area contributed by atoms with Crippen LogP contribution >= 0.6 is 11.6 Å². The summed E-state index contributed by atoms with van der Waals surface area (Å²) in [6, 6.07) is 12.5. The standard InChI is InChI=1S/C20H21ClN2O3/c1-26-17-9-8-15(21)12-16(17)13-4-6-14(7-5-13)18(24)23-20(19(22)25)10-2-3-11-20/h4-9,12H,2-3,10-11H2,1H3,(H2,22,25)(H,23,24). The van der Waals surface area contributed by atoms with Gasteiger partial charge in [0.25, 0.3) is 5.91 Å². The number of hydrogen-bond donors (Lipinski definition) is 2. The van der Waals surface area contributed by atoms with Gasteiger partial charge in [0.15, 0.2) is 0 Å². The van der Waals surface area contributed by atoms with Gasteiger partial charge in [0.05, 0.1) is 7.11 Å². The highest BCUT2D eigenvalue weighted by atomic mass is 35.5. The minimum atomic E-state index is -0.925. The minimum Gasteiger partial charge on any atom is -0.496 e. The highest BCUT2D eigenvalue weighted by molar-refractivity contribution is 6.31. The number of benzene rings is 2. The quantitative estimate of drug-likeness (QED) is 0.842. The second kappa shape index (κ2) is 7.38. The fourth-order valence-electron chi connectivity index (χ4n) is 3.41. The summed E-state index contributed by atoms with van der Waals surface area (Å²) in [5, 5.41) is 3.44. The van der Waals surface area contributed by atoms with Crippen LogP contribution in [-0.4, -0.2) is 24.5 Å². The number of methoxy groups -OCH3 is 1. The van der Waals surface area contributed by atoms with Crippen LogP contribution in [0.5, 0.6) is 5.75 Å². The van der Waals surface area contributed by atoms with Crippen LogP contribution in [0.15, 0.2) is 42.5 Å². The van der Waals surface area contributed by atoms with Gasteiger partial charge in [-0.25, -0.2) is 0 Å². The normalized spacial score (nSPS) is 15.5. The van der Waals surface area contributed by atoms with Gasteiger partial charge in [-0.1, -0.05) is 36.6 Å². The van der Waals surface area contributed by atoms with E-state index in [1.54, 1.807) is 31.4 Å². The largest absolute Gasteiger partial charge is 0.496 e. The highest BCUT2D eigenvalue weighted by Gasteiger charge is 2.40. The van der Waals surface area contributed by atoms with Crippen molar-refractivity contribution in [3.8, 4) is 16.9 Å². The number of carbonyl (C=O) groups is 2. The maximum Gasteiger partial charge on any atom is 0.252 e. The lowest BCUT2D eigenvalue weighted by atomic mass is 9.95. The van der Waals surface area contributed by atoms with Crippen LogP contribution in [0.1, 0.15) is 36.0 Å². The van der Waals surface area contributed by atoms with Gasteiger partial charge in [-0.15, -0.1) is 0 Å². The number of hydrogen-bond acceptors (Lipinski definition) is 3. The van der Waals surface area contributed by atoms with Crippen LogP contribution in [0.3, 0.4) is 0 Å². The lowest BCUT2D eigenvalue weighted by molar-refractivity contribution is -0.123. The van der Waals surface area contributed by atoms with Gasteiger partial charge in [-0.05, 0) is 48.7 Å². The minimum absolute atomic E-state index is 0.296. The second-order valence-corrected chi connectivity index (χ2v) is 6.97. The fraction of sp³-hybridized carbons (Fsp3) is 0.300. The number of rotatable bonds is 5. The number of nitrogens with one attached hydrogen (secondary N) is 1. The summed E-state index contributed by atoms with van der Waals surface area (Å²) in [5.41, 5.74) is 6.80. The number of primary amides is 1. The lowest BCUT2D eigenvalue weighted by Gasteiger charge is -2.26. The summed E-state index contributed by atoms with van der Waals surface area (Å²) in [6.45, 7) is 0. The Balaban J connectivity index is 1.83. The Morgan fingerprint density at radius 3 is 2.35 bits per heavy atom. The van der Waals surface area contributed by atoms with E-state index in [4.69, 9.17) is 22.1 Å². The molecule has 3 N–H and O–H groups in total. The Kier molecular flexibility index (Phi) is 5.18. The monoisotopic (exact) mass is 372 g/mol. The molecule has 2 aromatic carbocycles. The molecule has 2 amide bonds. The van der Waals surface area contributed by atoms with Crippen molar-refractivity contribution in [2.75, 3.05) is 7.11 Å². The van der Waals surface area contributed by atoms with Gasteiger partial charge in [-0.2, -0.15) is 0 Å². The summed E-state index contributed by atoms with van der Waals surface area (Å²) in [7, 11) is 1.60. The highest BCUT2D eigenvalue weighted by Crippen LogP contribution is 2.33. The molecule has 0 saturated heterocycles. The van der Waals surface area contributed by atoms with E-state index in [-0.39, 0.29) is 5.91 Å². The summed E-state index contributed by atoms with van der Waals surface area (Å²) < 4.78 is 5.37. The van der Waals surface area contributed by atoms with Crippen LogP contribution in [0.4, 0.5) is 0 Å². The van der Waals surface area contributed by atoms with E-state index < -0.39 is 11.4 Å². The fourth-order valence-corrected chi connectivity index (χ4v) is 3.58. The molecular weight excluding hydrogens is 352 g/mol. The van der Waals surface area contributed by atoms with Crippen molar-refractivity contribution >= 4 is 23.4 Å². The van der Waals surface area contributed by atoms with Crippen molar-refractivity contribution in [3.63, 3.8) is 0 Å². The molecule has 6 heteroatoms. The van der Waals surface area contributed by atoms with Gasteiger partial charge in [0, 0.05) is 16.1 Å². The molecule has 0 aromatic heterocycles. The molecule has 0 aliphatic heterocycles. The average Bonchev–Trinajstić information content (AvgIpc) is 3.11. The first-order chi connectivity index (χ1) is 12.4. The lowest BCUT2D eigenvalue weighted by Crippen LogP contribution is -2.55. The molecule has 5 nitrogen and oxygen atoms in total. The Bertz CT molecular complexity index is 827. The third-order valence-corrected chi connectivity index (χ3v) is 5.14. The molecule has 0 spiro atoms. The molecule has 2 aromatic rings. The van der Waals surface area contributed by atoms with Crippen LogP contribution in [0, 0.1) is 0 Å². The SMILES string of the molecule is COc1ccc(Cl)cc1-c1ccc(C(=O)NC2(C(N)=O)CCCC2)cc1. The van der Waals surface area contributed by atoms with E-state index in [2.05, 4.69) is 5.32 Å². The summed E-state index contributed by atoms with van der Waals surface area (Å²) in [5.74, 6) is -0.0656. The van der Waals surface area contributed by atoms with Crippen molar-refractivity contribution in [2.45, 2.75) is 31.2 Å². The Hall–Kier alpha value is -2.53. The number of carbonyl (C=O) groups excluding carboxylic acids is 2. The molecule has 1 aliphatic rings. The van der Waals surface area contributed by atoms with Gasteiger partial charge in [0.1, 0.15) is 11.3 Å². The first kappa shape index (κ1) is 18.3. The molecule has 26 heavy (non-hydrogen) atoms. The predicted octanol–water partition coefficient (Wildman–Crippen LogP) is 3.54. The van der Waals surface area contributed by atoms with E-state index in [0.717, 1.165) is 24.0 Å². The van der Waals surface area contributed by atoms with Crippen molar-refractivity contribution < 1.29 is 14.3 Å². The van der Waals surface area contributed by atoms with Crippen LogP contribution in [0.25, 0.3) is 11.1 Å². The smallest absolute Gasteiger partial charge is 0.252 e. The molecule has 0 radical (unpaired) electrons. The summed E-state index contributed by atoms with van der Waals surface area (Å²) in [6.07, 6.45) is 2.95. The first-order valence-electron chi connectivity index (χ1n) is 8.51. The molecule has 0 heterocycles. The third-order valence-electron chi connectivity index (χ3n) is 4.90. The maximum atomic E-state index is 12.6. The van der Waals surface area contributed by atoms with Gasteiger partial charge in [-0.3, -0.25) is 9.59 Å². The maximum absolute atomic E-state index is 12.6. The van der Waals surface area contributed by atoms with Crippen molar-refractivity contribution in [1.29, 1.82) is 0 Å². The van der Waals surface area contributed by atoms with Gasteiger partial charge >= 0.3 is 0 Å².